The third kappa shape index (κ3) is 4.70. The van der Waals surface area contributed by atoms with Gasteiger partial charge in [0, 0.05) is 31.5 Å². The van der Waals surface area contributed by atoms with Crippen LogP contribution in [0.15, 0.2) is 54.7 Å². The maximum atomic E-state index is 11.7. The zero-order valence-electron chi connectivity index (χ0n) is 17.1. The molecule has 4 rings (SSSR count). The Morgan fingerprint density at radius 1 is 1.16 bits per heavy atom. The highest BCUT2D eigenvalue weighted by Gasteiger charge is 2.15. The third-order valence-electron chi connectivity index (χ3n) is 5.09. The molecule has 2 heterocycles. The van der Waals surface area contributed by atoms with Crippen LogP contribution in [0, 0.1) is 0 Å². The maximum absolute atomic E-state index is 11.7. The highest BCUT2D eigenvalue weighted by atomic mass is 35.5. The van der Waals surface area contributed by atoms with Gasteiger partial charge in [0.25, 0.3) is 5.91 Å². The van der Waals surface area contributed by atoms with E-state index in [1.54, 1.807) is 24.3 Å². The van der Waals surface area contributed by atoms with E-state index in [0.717, 1.165) is 37.7 Å². The summed E-state index contributed by atoms with van der Waals surface area (Å²) in [6, 6.07) is 15.1. The smallest absolute Gasteiger partial charge is 0.250 e. The number of morpholine rings is 1. The van der Waals surface area contributed by atoms with Crippen molar-refractivity contribution in [3.63, 3.8) is 0 Å². The summed E-state index contributed by atoms with van der Waals surface area (Å²) in [4.78, 5) is 24.8. The molecule has 0 atom stereocenters. The van der Waals surface area contributed by atoms with E-state index in [2.05, 4.69) is 32.3 Å². The molecule has 8 nitrogen and oxygen atoms in total. The van der Waals surface area contributed by atoms with Gasteiger partial charge in [0.05, 0.1) is 30.7 Å². The number of amides is 1. The van der Waals surface area contributed by atoms with Gasteiger partial charge in [-0.3, -0.25) is 4.79 Å². The van der Waals surface area contributed by atoms with Gasteiger partial charge in [-0.05, 0) is 36.4 Å². The topological polar surface area (TPSA) is 96.6 Å². The fourth-order valence-electron chi connectivity index (χ4n) is 3.37. The number of carbonyl (C=O) groups is 1. The van der Waals surface area contributed by atoms with Crippen molar-refractivity contribution in [3.05, 3.63) is 65.3 Å². The Morgan fingerprint density at radius 3 is 2.58 bits per heavy atom. The van der Waals surface area contributed by atoms with Crippen LogP contribution in [0.4, 0.5) is 28.8 Å². The first kappa shape index (κ1) is 20.9. The molecule has 1 aromatic heterocycles. The molecule has 1 aliphatic heterocycles. The summed E-state index contributed by atoms with van der Waals surface area (Å²) in [7, 11) is 1.88. The Hall–Kier alpha value is -3.36. The minimum absolute atomic E-state index is 0.332. The number of primary amides is 1. The zero-order chi connectivity index (χ0) is 21.8. The van der Waals surface area contributed by atoms with Crippen molar-refractivity contribution >= 4 is 46.3 Å². The number of nitrogens with one attached hydrogen (secondary N) is 1. The summed E-state index contributed by atoms with van der Waals surface area (Å²) in [5, 5.41) is 3.42. The number of para-hydroxylation sites is 1. The van der Waals surface area contributed by atoms with Crippen LogP contribution < -0.4 is 20.9 Å². The van der Waals surface area contributed by atoms with E-state index in [9.17, 15) is 4.79 Å². The van der Waals surface area contributed by atoms with E-state index in [1.807, 2.05) is 24.1 Å². The predicted octanol–water partition coefficient (Wildman–Crippen LogP) is 3.58. The van der Waals surface area contributed by atoms with Crippen molar-refractivity contribution in [2.75, 3.05) is 48.5 Å². The summed E-state index contributed by atoms with van der Waals surface area (Å²) in [6.45, 7) is 3.26. The molecule has 0 radical (unpaired) electrons. The molecule has 1 amide bonds. The highest BCUT2D eigenvalue weighted by molar-refractivity contribution is 6.33. The van der Waals surface area contributed by atoms with Crippen molar-refractivity contribution in [1.29, 1.82) is 0 Å². The number of nitrogens with zero attached hydrogens (tertiary/aromatic N) is 4. The quantitative estimate of drug-likeness (QED) is 0.607. The number of hydrogen-bond donors (Lipinski definition) is 2. The molecule has 9 heteroatoms. The van der Waals surface area contributed by atoms with Crippen LogP contribution in [0.5, 0.6) is 0 Å². The van der Waals surface area contributed by atoms with E-state index in [0.29, 0.717) is 28.0 Å². The van der Waals surface area contributed by atoms with E-state index in [1.165, 1.54) is 6.20 Å². The first-order valence-corrected chi connectivity index (χ1v) is 10.3. The fourth-order valence-corrected chi connectivity index (χ4v) is 3.50. The van der Waals surface area contributed by atoms with Gasteiger partial charge < -0.3 is 25.6 Å². The second kappa shape index (κ2) is 9.20. The van der Waals surface area contributed by atoms with E-state index < -0.39 is 5.91 Å². The summed E-state index contributed by atoms with van der Waals surface area (Å²) < 4.78 is 5.42. The van der Waals surface area contributed by atoms with E-state index in [4.69, 9.17) is 22.1 Å². The molecule has 2 aromatic carbocycles. The summed E-state index contributed by atoms with van der Waals surface area (Å²) in [5.41, 5.74) is 8.43. The molecule has 0 aliphatic carbocycles. The maximum Gasteiger partial charge on any atom is 0.250 e. The lowest BCUT2D eigenvalue weighted by Gasteiger charge is -2.29. The van der Waals surface area contributed by atoms with Crippen molar-refractivity contribution < 1.29 is 9.53 Å². The van der Waals surface area contributed by atoms with Gasteiger partial charge in [-0.25, -0.2) is 4.98 Å². The lowest BCUT2D eigenvalue weighted by atomic mass is 10.1. The molecule has 0 saturated carbocycles. The molecule has 0 unspecified atom stereocenters. The second-order valence-electron chi connectivity index (χ2n) is 7.08. The number of nitrogens with two attached hydrogens (primary N) is 1. The number of rotatable bonds is 6. The number of hydrogen-bond acceptors (Lipinski definition) is 7. The fraction of sp³-hybridized carbons (Fsp3) is 0.227. The molecule has 3 N–H and O–H groups in total. The molecule has 0 spiro atoms. The first-order chi connectivity index (χ1) is 15.0. The summed E-state index contributed by atoms with van der Waals surface area (Å²) in [5.74, 6) is 0.311. The van der Waals surface area contributed by atoms with Gasteiger partial charge in [-0.2, -0.15) is 4.98 Å². The van der Waals surface area contributed by atoms with Crippen LogP contribution in [0.1, 0.15) is 10.4 Å². The molecular weight excluding hydrogens is 416 g/mol. The number of ether oxygens (including phenoxy) is 1. The zero-order valence-corrected chi connectivity index (χ0v) is 17.8. The molecule has 3 aromatic rings. The van der Waals surface area contributed by atoms with E-state index >= 15 is 0 Å². The first-order valence-electron chi connectivity index (χ1n) is 9.88. The average molecular weight is 439 g/mol. The summed E-state index contributed by atoms with van der Waals surface area (Å²) in [6.07, 6.45) is 1.53. The van der Waals surface area contributed by atoms with E-state index in [-0.39, 0.29) is 0 Å². The van der Waals surface area contributed by atoms with Crippen molar-refractivity contribution in [2.24, 2.45) is 5.73 Å². The molecule has 31 heavy (non-hydrogen) atoms. The lowest BCUT2D eigenvalue weighted by molar-refractivity contribution is 0.100. The second-order valence-corrected chi connectivity index (χ2v) is 7.48. The minimum atomic E-state index is -0.536. The van der Waals surface area contributed by atoms with Crippen LogP contribution in [0.25, 0.3) is 0 Å². The number of halogens is 1. The average Bonchev–Trinajstić information content (AvgIpc) is 2.81. The summed E-state index contributed by atoms with van der Waals surface area (Å²) >= 11 is 6.30. The van der Waals surface area contributed by atoms with Gasteiger partial charge in [0.15, 0.2) is 5.82 Å². The lowest BCUT2D eigenvalue weighted by Crippen LogP contribution is -2.36. The van der Waals surface area contributed by atoms with Crippen LogP contribution in [0.3, 0.4) is 0 Å². The molecular formula is C22H23ClN6O2. The Balaban J connectivity index is 1.55. The molecule has 1 saturated heterocycles. The van der Waals surface area contributed by atoms with Crippen LogP contribution in [0.2, 0.25) is 5.02 Å². The van der Waals surface area contributed by atoms with Crippen LogP contribution in [-0.4, -0.2) is 49.2 Å². The Bertz CT molecular complexity index is 1070. The van der Waals surface area contributed by atoms with Gasteiger partial charge in [-0.15, -0.1) is 0 Å². The van der Waals surface area contributed by atoms with Crippen molar-refractivity contribution in [3.8, 4) is 0 Å². The van der Waals surface area contributed by atoms with Gasteiger partial charge >= 0.3 is 0 Å². The number of carbonyl (C=O) groups excluding carboxylic acids is 1. The van der Waals surface area contributed by atoms with Crippen molar-refractivity contribution in [2.45, 2.75) is 0 Å². The third-order valence-corrected chi connectivity index (χ3v) is 5.37. The van der Waals surface area contributed by atoms with Crippen LogP contribution in [-0.2, 0) is 4.74 Å². The van der Waals surface area contributed by atoms with Gasteiger partial charge in [0.1, 0.15) is 5.02 Å². The number of anilines is 5. The largest absolute Gasteiger partial charge is 0.378 e. The molecule has 0 bridgehead atoms. The minimum Gasteiger partial charge on any atom is -0.378 e. The standard InChI is InChI=1S/C22H23ClN6O2/c1-28(15-6-8-16(9-7-15)29-10-12-31-13-11-29)22-25-14-18(23)21(27-22)26-19-5-3-2-4-17(19)20(24)30/h2-9,14H,10-13H2,1H3,(H2,24,30)(H,25,26,27). The molecule has 1 fully saturated rings. The predicted molar refractivity (Wildman–Crippen MR) is 123 cm³/mol. The number of benzene rings is 2. The monoisotopic (exact) mass is 438 g/mol. The van der Waals surface area contributed by atoms with Crippen LogP contribution >= 0.6 is 11.6 Å². The SMILES string of the molecule is CN(c1ccc(N2CCOCC2)cc1)c1ncc(Cl)c(Nc2ccccc2C(N)=O)n1. The number of aromatic nitrogens is 2. The van der Waals surface area contributed by atoms with Crippen molar-refractivity contribution in [1.82, 2.24) is 9.97 Å². The molecule has 160 valence electrons. The highest BCUT2D eigenvalue weighted by Crippen LogP contribution is 2.29. The Kier molecular flexibility index (Phi) is 6.20. The normalized spacial score (nSPS) is 13.7. The van der Waals surface area contributed by atoms with Gasteiger partial charge in [-0.1, -0.05) is 23.7 Å². The Labute approximate surface area is 185 Å². The Morgan fingerprint density at radius 2 is 1.87 bits per heavy atom. The van der Waals surface area contributed by atoms with Gasteiger partial charge in [0.2, 0.25) is 5.95 Å². The molecule has 1 aliphatic rings.